The maximum Gasteiger partial charge on any atom is 0.410 e. The number of cyclic esters (lactones) is 1. The molecule has 3 N–H and O–H groups in total. The number of amides is 5. The summed E-state index contributed by atoms with van der Waals surface area (Å²) in [5.74, 6) is 0.496. The molecule has 2 aromatic rings. The molecule has 2 aliphatic rings. The van der Waals surface area contributed by atoms with Gasteiger partial charge in [-0.25, -0.2) is 14.5 Å². The lowest BCUT2D eigenvalue weighted by Gasteiger charge is -2.27. The largest absolute Gasteiger partial charge is 0.493 e. The van der Waals surface area contributed by atoms with Gasteiger partial charge in [0.2, 0.25) is 23.6 Å². The number of fused-ring (bicyclic) bond motifs is 1. The van der Waals surface area contributed by atoms with Crippen molar-refractivity contribution in [2.45, 2.75) is 71.5 Å². The standard InChI is InChI=1S/C33H48N8O8/c1-6-21(2)30-32(45)35-22(3)31-36-26(18-23-10-11-24(47-4)25(17-23)48-5)38-41(31)19-28(43)34-12-8-14-39(13-7-9-27(42)37-30)29(44)20-40-15-16-49-33(40)46/h10-11,17,21-22,30H,6-9,12-16,18-20H2,1-5H3,(H,34,43)(H,35,45)(H,37,42)/t21-,22+,30-/m0/s1. The number of hydrogen-bond donors (Lipinski definition) is 3. The van der Waals surface area contributed by atoms with E-state index in [2.05, 4.69) is 21.0 Å². The first-order chi connectivity index (χ1) is 23.5. The molecule has 1 aromatic carbocycles. The Morgan fingerprint density at radius 2 is 1.80 bits per heavy atom. The van der Waals surface area contributed by atoms with E-state index in [-0.39, 0.29) is 68.8 Å². The van der Waals surface area contributed by atoms with E-state index in [4.69, 9.17) is 19.2 Å². The first kappa shape index (κ1) is 36.9. The van der Waals surface area contributed by atoms with Crippen LogP contribution in [0.15, 0.2) is 18.2 Å². The molecule has 1 aromatic heterocycles. The molecule has 1 fully saturated rings. The van der Waals surface area contributed by atoms with Crippen LogP contribution in [0.2, 0.25) is 0 Å². The van der Waals surface area contributed by atoms with E-state index in [0.717, 1.165) is 5.56 Å². The fourth-order valence-corrected chi connectivity index (χ4v) is 5.72. The van der Waals surface area contributed by atoms with Crippen molar-refractivity contribution in [3.05, 3.63) is 35.4 Å². The summed E-state index contributed by atoms with van der Waals surface area (Å²) in [6.45, 7) is 6.72. The van der Waals surface area contributed by atoms with Crippen molar-refractivity contribution in [2.75, 3.05) is 53.6 Å². The van der Waals surface area contributed by atoms with E-state index < -0.39 is 18.2 Å². The molecular formula is C33H48N8O8. The van der Waals surface area contributed by atoms with E-state index in [1.165, 1.54) is 9.58 Å². The number of hydrogen-bond acceptors (Lipinski definition) is 10. The van der Waals surface area contributed by atoms with Crippen molar-refractivity contribution in [2.24, 2.45) is 5.92 Å². The quantitative estimate of drug-likeness (QED) is 0.365. The van der Waals surface area contributed by atoms with Crippen LogP contribution in [0.25, 0.3) is 0 Å². The zero-order valence-electron chi connectivity index (χ0n) is 29.0. The molecule has 49 heavy (non-hydrogen) atoms. The van der Waals surface area contributed by atoms with Gasteiger partial charge in [0.1, 0.15) is 31.6 Å². The molecule has 16 nitrogen and oxygen atoms in total. The van der Waals surface area contributed by atoms with Gasteiger partial charge in [-0.05, 0) is 43.4 Å². The van der Waals surface area contributed by atoms with Gasteiger partial charge in [0.05, 0.1) is 26.8 Å². The van der Waals surface area contributed by atoms with Crippen LogP contribution >= 0.6 is 0 Å². The summed E-state index contributed by atoms with van der Waals surface area (Å²) in [4.78, 5) is 72.6. The maximum atomic E-state index is 13.6. The minimum atomic E-state index is -0.816. The van der Waals surface area contributed by atoms with Crippen molar-refractivity contribution in [1.82, 2.24) is 40.5 Å². The van der Waals surface area contributed by atoms with Gasteiger partial charge in [0.15, 0.2) is 17.3 Å². The second-order valence-corrected chi connectivity index (χ2v) is 12.3. The van der Waals surface area contributed by atoms with Gasteiger partial charge in [-0.15, -0.1) is 0 Å². The number of methoxy groups -OCH3 is 2. The topological polar surface area (TPSA) is 186 Å². The molecule has 0 aliphatic carbocycles. The number of carbonyl (C=O) groups excluding carboxylic acids is 5. The summed E-state index contributed by atoms with van der Waals surface area (Å²) in [5.41, 5.74) is 0.855. The molecule has 0 spiro atoms. The Labute approximate surface area is 286 Å². The van der Waals surface area contributed by atoms with E-state index in [0.29, 0.717) is 61.9 Å². The Bertz CT molecular complexity index is 1500. The molecule has 0 radical (unpaired) electrons. The highest BCUT2D eigenvalue weighted by atomic mass is 16.6. The summed E-state index contributed by atoms with van der Waals surface area (Å²) in [6.07, 6.45) is 1.32. The average molecular weight is 685 g/mol. The van der Waals surface area contributed by atoms with Crippen molar-refractivity contribution < 1.29 is 38.2 Å². The molecule has 16 heteroatoms. The van der Waals surface area contributed by atoms with E-state index in [1.54, 1.807) is 32.1 Å². The third kappa shape index (κ3) is 10.1. The van der Waals surface area contributed by atoms with Crippen LogP contribution < -0.4 is 25.4 Å². The smallest absolute Gasteiger partial charge is 0.410 e. The third-order valence-corrected chi connectivity index (χ3v) is 8.69. The van der Waals surface area contributed by atoms with Crippen molar-refractivity contribution in [3.8, 4) is 11.5 Å². The van der Waals surface area contributed by atoms with Gasteiger partial charge in [0, 0.05) is 32.5 Å². The van der Waals surface area contributed by atoms with Crippen LogP contribution in [0.3, 0.4) is 0 Å². The Morgan fingerprint density at radius 1 is 1.04 bits per heavy atom. The van der Waals surface area contributed by atoms with Crippen LogP contribution in [0.5, 0.6) is 11.5 Å². The van der Waals surface area contributed by atoms with Crippen LogP contribution in [0.4, 0.5) is 4.79 Å². The normalized spacial score (nSPS) is 20.6. The molecule has 3 atom stereocenters. The van der Waals surface area contributed by atoms with Crippen molar-refractivity contribution >= 4 is 29.7 Å². The van der Waals surface area contributed by atoms with Crippen LogP contribution in [0, 0.1) is 5.92 Å². The predicted octanol–water partition coefficient (Wildman–Crippen LogP) is 1.18. The number of carbonyl (C=O) groups is 5. The van der Waals surface area contributed by atoms with Gasteiger partial charge >= 0.3 is 6.09 Å². The number of rotatable bonds is 8. The molecule has 5 amide bonds. The lowest BCUT2D eigenvalue weighted by molar-refractivity contribution is -0.132. The maximum absolute atomic E-state index is 13.6. The summed E-state index contributed by atoms with van der Waals surface area (Å²) < 4.78 is 17.2. The first-order valence-electron chi connectivity index (χ1n) is 16.7. The van der Waals surface area contributed by atoms with Gasteiger partial charge < -0.3 is 35.1 Å². The number of aromatic nitrogens is 3. The molecule has 2 aliphatic heterocycles. The Kier molecular flexibility index (Phi) is 13.2. The highest BCUT2D eigenvalue weighted by molar-refractivity contribution is 5.88. The summed E-state index contributed by atoms with van der Waals surface area (Å²) in [7, 11) is 3.11. The second kappa shape index (κ2) is 17.5. The van der Waals surface area contributed by atoms with E-state index in [9.17, 15) is 24.0 Å². The molecule has 0 bridgehead atoms. The molecule has 1 saturated heterocycles. The fraction of sp³-hybridized carbons (Fsp3) is 0.606. The monoisotopic (exact) mass is 684 g/mol. The van der Waals surface area contributed by atoms with Crippen LogP contribution in [-0.4, -0.2) is 114 Å². The second-order valence-electron chi connectivity index (χ2n) is 12.3. The Balaban J connectivity index is 1.57. The van der Waals surface area contributed by atoms with E-state index in [1.807, 2.05) is 26.0 Å². The molecule has 0 saturated carbocycles. The first-order valence-corrected chi connectivity index (χ1v) is 16.7. The lowest BCUT2D eigenvalue weighted by atomic mass is 9.97. The van der Waals surface area contributed by atoms with Gasteiger partial charge in [-0.1, -0.05) is 26.3 Å². The zero-order chi connectivity index (χ0) is 35.5. The minimum Gasteiger partial charge on any atom is -0.493 e. The van der Waals surface area contributed by atoms with Crippen LogP contribution in [0.1, 0.15) is 69.7 Å². The fourth-order valence-electron chi connectivity index (χ4n) is 5.72. The Morgan fingerprint density at radius 3 is 2.49 bits per heavy atom. The summed E-state index contributed by atoms with van der Waals surface area (Å²) in [5, 5.41) is 13.4. The van der Waals surface area contributed by atoms with Crippen molar-refractivity contribution in [3.63, 3.8) is 0 Å². The molecule has 3 heterocycles. The highest BCUT2D eigenvalue weighted by Gasteiger charge is 2.30. The third-order valence-electron chi connectivity index (χ3n) is 8.69. The van der Waals surface area contributed by atoms with Gasteiger partial charge in [-0.2, -0.15) is 5.10 Å². The number of nitrogens with zero attached hydrogens (tertiary/aromatic N) is 5. The zero-order valence-corrected chi connectivity index (χ0v) is 29.0. The number of ether oxygens (including phenoxy) is 3. The van der Waals surface area contributed by atoms with Gasteiger partial charge in [-0.3, -0.25) is 24.1 Å². The predicted molar refractivity (Wildman–Crippen MR) is 177 cm³/mol. The van der Waals surface area contributed by atoms with Gasteiger partial charge in [0.25, 0.3) is 0 Å². The number of benzene rings is 1. The van der Waals surface area contributed by atoms with Crippen molar-refractivity contribution in [1.29, 1.82) is 0 Å². The minimum absolute atomic E-state index is 0.0931. The average Bonchev–Trinajstić information content (AvgIpc) is 3.68. The summed E-state index contributed by atoms with van der Waals surface area (Å²) in [6, 6.07) is 4.04. The molecule has 268 valence electrons. The molecular weight excluding hydrogens is 636 g/mol. The summed E-state index contributed by atoms with van der Waals surface area (Å²) >= 11 is 0. The SMILES string of the molecule is CC[C@H](C)[C@@H]1NC(=O)CCCN(C(=O)CN2CCOC2=O)CCCNC(=O)Cn2nc(Cc3ccc(OC)c(OC)c3)nc2[C@@H](C)NC1=O. The Hall–Kier alpha value is -4.89. The lowest BCUT2D eigenvalue weighted by Crippen LogP contribution is -2.51. The van der Waals surface area contributed by atoms with Crippen LogP contribution in [-0.2, 0) is 36.9 Å². The highest BCUT2D eigenvalue weighted by Crippen LogP contribution is 2.28. The number of nitrogens with one attached hydrogen (secondary N) is 3. The molecule has 4 rings (SSSR count). The van der Waals surface area contributed by atoms with E-state index >= 15 is 0 Å². The molecule has 0 unspecified atom stereocenters.